The summed E-state index contributed by atoms with van der Waals surface area (Å²) in [5.41, 5.74) is 0. The smallest absolute Gasteiger partial charge is 0.212 e. The van der Waals surface area contributed by atoms with Crippen LogP contribution in [0.25, 0.3) is 0 Å². The summed E-state index contributed by atoms with van der Waals surface area (Å²) in [5, 5.41) is 18.3. The molecule has 0 aliphatic heterocycles. The van der Waals surface area contributed by atoms with Crippen LogP contribution in [-0.4, -0.2) is 110 Å². The standard InChI is InChI=1S/4C9H19NO3S/c4*1-4-8(2)7-9(5-6-13-3)14(10,11)12/h4*4,8-9H,1,5-7H2,2-3H3,(H2,10,11,12)/t2*8-,9+;2*8-,9-/m1010/s1. The molecule has 0 aliphatic rings. The van der Waals surface area contributed by atoms with E-state index in [9.17, 15) is 33.7 Å². The number of nitrogens with two attached hydrogens (primary N) is 4. The molecule has 0 aliphatic carbocycles. The second-order valence-corrected chi connectivity index (χ2v) is 21.1. The summed E-state index contributed by atoms with van der Waals surface area (Å²) < 4.78 is 109. The summed E-state index contributed by atoms with van der Waals surface area (Å²) in [4.78, 5) is 0. The van der Waals surface area contributed by atoms with Crippen LogP contribution in [0.5, 0.6) is 0 Å². The van der Waals surface area contributed by atoms with Gasteiger partial charge in [0.2, 0.25) is 40.1 Å². The zero-order valence-electron chi connectivity index (χ0n) is 35.1. The number of allylic oxidation sites excluding steroid dienone is 4. The fourth-order valence-corrected chi connectivity index (χ4v) is 8.69. The summed E-state index contributed by atoms with van der Waals surface area (Å²) in [5.74, 6) is 0.593. The summed E-state index contributed by atoms with van der Waals surface area (Å²) in [7, 11) is -7.73. The summed E-state index contributed by atoms with van der Waals surface area (Å²) in [6.07, 6.45) is 10.7. The van der Waals surface area contributed by atoms with Crippen LogP contribution in [0.15, 0.2) is 50.6 Å². The Balaban J connectivity index is -0.000000322. The number of rotatable bonds is 28. The van der Waals surface area contributed by atoms with Crippen LogP contribution in [0.2, 0.25) is 0 Å². The van der Waals surface area contributed by atoms with Crippen LogP contribution in [0.1, 0.15) is 79.1 Å². The molecular formula is C36H76N4O12S4. The number of primary sulfonamides is 4. The third kappa shape index (κ3) is 35.6. The van der Waals surface area contributed by atoms with E-state index in [4.69, 9.17) is 39.5 Å². The molecule has 0 aromatic carbocycles. The first-order valence-electron chi connectivity index (χ1n) is 18.2. The molecule has 0 aromatic heterocycles. The molecule has 0 bridgehead atoms. The van der Waals surface area contributed by atoms with Gasteiger partial charge in [0.05, 0.1) is 21.0 Å². The van der Waals surface area contributed by atoms with Crippen molar-refractivity contribution in [1.29, 1.82) is 0 Å². The van der Waals surface area contributed by atoms with Crippen LogP contribution < -0.4 is 20.6 Å². The molecule has 8 atom stereocenters. The second kappa shape index (κ2) is 33.3. The lowest BCUT2D eigenvalue weighted by Gasteiger charge is -2.16. The van der Waals surface area contributed by atoms with E-state index in [-0.39, 0.29) is 23.7 Å². The lowest BCUT2D eigenvalue weighted by Crippen LogP contribution is -2.31. The minimum Gasteiger partial charge on any atom is -0.385 e. The molecule has 56 heavy (non-hydrogen) atoms. The number of sulfonamides is 4. The molecule has 0 spiro atoms. The van der Waals surface area contributed by atoms with Gasteiger partial charge in [-0.15, -0.1) is 26.3 Å². The van der Waals surface area contributed by atoms with Gasteiger partial charge in [0.25, 0.3) is 0 Å². The van der Waals surface area contributed by atoms with Crippen LogP contribution in [0.4, 0.5) is 0 Å². The fourth-order valence-electron chi connectivity index (χ4n) is 4.71. The fraction of sp³-hybridized carbons (Fsp3) is 0.778. The van der Waals surface area contributed by atoms with Gasteiger partial charge in [-0.2, -0.15) is 0 Å². The third-order valence-corrected chi connectivity index (χ3v) is 14.0. The maximum Gasteiger partial charge on any atom is 0.212 e. The zero-order valence-corrected chi connectivity index (χ0v) is 38.3. The number of hydrogen-bond donors (Lipinski definition) is 4. The van der Waals surface area contributed by atoms with Crippen molar-refractivity contribution in [3.63, 3.8) is 0 Å². The summed E-state index contributed by atoms with van der Waals surface area (Å²) in [6, 6.07) is 0. The Morgan fingerprint density at radius 2 is 0.536 bits per heavy atom. The van der Waals surface area contributed by atoms with Gasteiger partial charge in [-0.3, -0.25) is 0 Å². The molecule has 16 nitrogen and oxygen atoms in total. The van der Waals surface area contributed by atoms with Crippen LogP contribution in [0.3, 0.4) is 0 Å². The molecule has 0 radical (unpaired) electrons. The maximum atomic E-state index is 11.2. The first-order valence-corrected chi connectivity index (χ1v) is 24.6. The van der Waals surface area contributed by atoms with E-state index in [0.717, 1.165) is 0 Å². The van der Waals surface area contributed by atoms with Gasteiger partial charge in [0.1, 0.15) is 0 Å². The second-order valence-electron chi connectivity index (χ2n) is 13.8. The molecule has 0 aromatic rings. The maximum absolute atomic E-state index is 11.2. The summed E-state index contributed by atoms with van der Waals surface area (Å²) >= 11 is 0. The van der Waals surface area contributed by atoms with E-state index >= 15 is 0 Å². The van der Waals surface area contributed by atoms with Crippen molar-refractivity contribution in [3.05, 3.63) is 50.6 Å². The Hall–Kier alpha value is -1.56. The lowest BCUT2D eigenvalue weighted by atomic mass is 10.0. The van der Waals surface area contributed by atoms with Crippen LogP contribution in [0, 0.1) is 23.7 Å². The predicted molar refractivity (Wildman–Crippen MR) is 229 cm³/mol. The molecule has 20 heteroatoms. The van der Waals surface area contributed by atoms with Crippen molar-refractivity contribution >= 4 is 40.1 Å². The van der Waals surface area contributed by atoms with Crippen molar-refractivity contribution in [1.82, 2.24) is 0 Å². The van der Waals surface area contributed by atoms with Crippen molar-refractivity contribution < 1.29 is 52.6 Å². The van der Waals surface area contributed by atoms with E-state index in [0.29, 0.717) is 77.8 Å². The minimum atomic E-state index is -3.47. The van der Waals surface area contributed by atoms with E-state index in [2.05, 4.69) is 26.3 Å². The molecule has 0 saturated heterocycles. The molecule has 0 amide bonds. The predicted octanol–water partition coefficient (Wildman–Crippen LogP) is 3.57. The molecule has 336 valence electrons. The van der Waals surface area contributed by atoms with Crippen molar-refractivity contribution in [2.24, 2.45) is 44.2 Å². The lowest BCUT2D eigenvalue weighted by molar-refractivity contribution is 0.191. The monoisotopic (exact) mass is 884 g/mol. The Morgan fingerprint density at radius 3 is 0.625 bits per heavy atom. The normalized spacial score (nSPS) is 16.2. The molecule has 0 saturated carbocycles. The minimum absolute atomic E-state index is 0.148. The molecule has 0 fully saturated rings. The van der Waals surface area contributed by atoms with Gasteiger partial charge in [-0.25, -0.2) is 54.2 Å². The Kier molecular flexibility index (Phi) is 36.3. The first kappa shape index (κ1) is 61.1. The molecule has 8 N–H and O–H groups in total. The van der Waals surface area contributed by atoms with Crippen LogP contribution in [-0.2, 0) is 59.0 Å². The molecule has 0 heterocycles. The molecule has 0 rings (SSSR count). The van der Waals surface area contributed by atoms with Gasteiger partial charge < -0.3 is 18.9 Å². The van der Waals surface area contributed by atoms with Gasteiger partial charge in [-0.1, -0.05) is 52.0 Å². The largest absolute Gasteiger partial charge is 0.385 e. The highest BCUT2D eigenvalue weighted by atomic mass is 32.2. The molecular weight excluding hydrogens is 809 g/mol. The number of methoxy groups -OCH3 is 4. The highest BCUT2D eigenvalue weighted by Crippen LogP contribution is 2.18. The highest BCUT2D eigenvalue weighted by molar-refractivity contribution is 7.90. The van der Waals surface area contributed by atoms with Crippen LogP contribution >= 0.6 is 0 Å². The topological polar surface area (TPSA) is 278 Å². The summed E-state index contributed by atoms with van der Waals surface area (Å²) in [6.45, 7) is 23.7. The average Bonchev–Trinajstić information content (AvgIpc) is 3.10. The van der Waals surface area contributed by atoms with Crippen molar-refractivity contribution in [2.45, 2.75) is 100 Å². The van der Waals surface area contributed by atoms with Crippen molar-refractivity contribution in [2.75, 3.05) is 54.9 Å². The average molecular weight is 885 g/mol. The van der Waals surface area contributed by atoms with E-state index < -0.39 is 61.1 Å². The van der Waals surface area contributed by atoms with Gasteiger partial charge in [-0.05, 0) is 75.0 Å². The Labute approximate surface area is 341 Å². The van der Waals surface area contributed by atoms with E-state index in [1.807, 2.05) is 27.7 Å². The Bertz CT molecular complexity index is 1270. The van der Waals surface area contributed by atoms with Gasteiger partial charge in [0.15, 0.2) is 0 Å². The SMILES string of the molecule is C=C[C@@H](C)C[C@@H](CCOC)S(N)(=O)=O.C=C[C@@H](C)C[C@H](CCOC)S(N)(=O)=O.C=C[C@H](C)C[C@@H](CCOC)S(N)(=O)=O.C=C[C@H](C)C[C@H](CCOC)S(N)(=O)=O. The Morgan fingerprint density at radius 1 is 0.393 bits per heavy atom. The van der Waals surface area contributed by atoms with E-state index in [1.54, 1.807) is 24.3 Å². The quantitative estimate of drug-likeness (QED) is 0.0821. The zero-order chi connectivity index (χ0) is 44.8. The first-order chi connectivity index (χ1) is 25.7. The van der Waals surface area contributed by atoms with Crippen molar-refractivity contribution in [3.8, 4) is 0 Å². The third-order valence-electron chi connectivity index (χ3n) is 8.58. The van der Waals surface area contributed by atoms with E-state index in [1.165, 1.54) is 28.4 Å². The highest BCUT2D eigenvalue weighted by Gasteiger charge is 2.25. The molecule has 0 unspecified atom stereocenters. The van der Waals surface area contributed by atoms with Gasteiger partial charge >= 0.3 is 0 Å². The number of ether oxygens (including phenoxy) is 4. The van der Waals surface area contributed by atoms with Gasteiger partial charge in [0, 0.05) is 54.9 Å². The number of hydrogen-bond acceptors (Lipinski definition) is 12.